The number of anilines is 1. The summed E-state index contributed by atoms with van der Waals surface area (Å²) in [7, 11) is -3.88. The molecule has 144 valence electrons. The van der Waals surface area contributed by atoms with Gasteiger partial charge >= 0.3 is 0 Å². The van der Waals surface area contributed by atoms with E-state index >= 15 is 0 Å². The van der Waals surface area contributed by atoms with Crippen molar-refractivity contribution in [2.24, 2.45) is 0 Å². The van der Waals surface area contributed by atoms with E-state index in [9.17, 15) is 17.6 Å². The maximum atomic E-state index is 13.1. The van der Waals surface area contributed by atoms with Crippen LogP contribution in [0, 0.1) is 5.82 Å². The molecule has 8 heteroatoms. The van der Waals surface area contributed by atoms with Crippen molar-refractivity contribution in [2.75, 3.05) is 18.0 Å². The van der Waals surface area contributed by atoms with Crippen molar-refractivity contribution in [1.82, 2.24) is 4.31 Å². The lowest BCUT2D eigenvalue weighted by Gasteiger charge is -2.27. The van der Waals surface area contributed by atoms with E-state index in [0.29, 0.717) is 0 Å². The molecule has 1 atom stereocenters. The third-order valence-electron chi connectivity index (χ3n) is 4.64. The van der Waals surface area contributed by atoms with E-state index in [1.54, 1.807) is 11.8 Å². The van der Waals surface area contributed by atoms with Gasteiger partial charge in [-0.3, -0.25) is 4.79 Å². The fourth-order valence-electron chi connectivity index (χ4n) is 3.33. The summed E-state index contributed by atoms with van der Waals surface area (Å²) < 4.78 is 40.8. The fraction of sp³-hybridized carbons (Fsp3) is 0.316. The molecule has 27 heavy (non-hydrogen) atoms. The van der Waals surface area contributed by atoms with E-state index in [0.717, 1.165) is 38.6 Å². The molecule has 2 aromatic carbocycles. The average Bonchev–Trinajstić information content (AvgIpc) is 2.94. The van der Waals surface area contributed by atoms with Crippen molar-refractivity contribution >= 4 is 37.5 Å². The minimum atomic E-state index is -3.88. The summed E-state index contributed by atoms with van der Waals surface area (Å²) in [5.74, 6) is -0.794. The maximum Gasteiger partial charge on any atom is 0.243 e. The molecule has 0 radical (unpaired) electrons. The molecule has 0 unspecified atom stereocenters. The summed E-state index contributed by atoms with van der Waals surface area (Å²) in [5, 5.41) is 0. The van der Waals surface area contributed by atoms with E-state index in [2.05, 4.69) is 15.9 Å². The molecule has 0 spiro atoms. The number of amides is 1. The topological polar surface area (TPSA) is 57.7 Å². The van der Waals surface area contributed by atoms with Crippen molar-refractivity contribution in [3.8, 4) is 0 Å². The van der Waals surface area contributed by atoms with Crippen LogP contribution in [0.4, 0.5) is 10.1 Å². The van der Waals surface area contributed by atoms with Crippen molar-refractivity contribution in [3.63, 3.8) is 0 Å². The van der Waals surface area contributed by atoms with E-state index in [4.69, 9.17) is 0 Å². The van der Waals surface area contributed by atoms with Gasteiger partial charge in [-0.1, -0.05) is 22.9 Å². The highest BCUT2D eigenvalue weighted by atomic mass is 79.9. The van der Waals surface area contributed by atoms with Gasteiger partial charge < -0.3 is 4.90 Å². The molecule has 5 nitrogen and oxygen atoms in total. The van der Waals surface area contributed by atoms with Gasteiger partial charge in [0.15, 0.2) is 0 Å². The number of fused-ring (bicyclic) bond motifs is 1. The normalized spacial score (nSPS) is 16.6. The lowest BCUT2D eigenvalue weighted by Crippen LogP contribution is -2.45. The zero-order valence-corrected chi connectivity index (χ0v) is 17.4. The molecule has 0 bridgehead atoms. The molecule has 0 aromatic heterocycles. The number of halogens is 2. The van der Waals surface area contributed by atoms with E-state index < -0.39 is 15.8 Å². The summed E-state index contributed by atoms with van der Waals surface area (Å²) in [4.78, 5) is 14.6. The molecule has 0 saturated carbocycles. The first-order valence-electron chi connectivity index (χ1n) is 8.60. The molecule has 0 N–H and O–H groups in total. The highest BCUT2D eigenvalue weighted by Gasteiger charge is 2.34. The highest BCUT2D eigenvalue weighted by Crippen LogP contribution is 2.34. The third-order valence-corrected chi connectivity index (χ3v) is 7.07. The Morgan fingerprint density at radius 3 is 2.56 bits per heavy atom. The van der Waals surface area contributed by atoms with Crippen LogP contribution in [0.3, 0.4) is 0 Å². The summed E-state index contributed by atoms with van der Waals surface area (Å²) >= 11 is 3.43. The van der Waals surface area contributed by atoms with Crippen LogP contribution in [0.5, 0.6) is 0 Å². The average molecular weight is 455 g/mol. The monoisotopic (exact) mass is 454 g/mol. The Bertz CT molecular complexity index is 963. The number of benzene rings is 2. The minimum Gasteiger partial charge on any atom is -0.308 e. The van der Waals surface area contributed by atoms with Gasteiger partial charge in [0.1, 0.15) is 5.82 Å². The summed E-state index contributed by atoms with van der Waals surface area (Å²) in [6.07, 6.45) is 0.720. The molecule has 0 saturated heterocycles. The van der Waals surface area contributed by atoms with E-state index in [-0.39, 0.29) is 29.9 Å². The second-order valence-corrected chi connectivity index (χ2v) is 9.33. The molecule has 1 aliphatic heterocycles. The molecule has 1 amide bonds. The number of carbonyl (C=O) groups excluding carboxylic acids is 1. The Labute approximate surface area is 167 Å². The van der Waals surface area contributed by atoms with Gasteiger partial charge in [0.2, 0.25) is 15.9 Å². The molecule has 1 heterocycles. The van der Waals surface area contributed by atoms with Crippen LogP contribution in [0.1, 0.15) is 19.4 Å². The molecule has 0 fully saturated rings. The number of sulfonamides is 1. The summed E-state index contributed by atoms with van der Waals surface area (Å²) in [6, 6.07) is 10.3. The van der Waals surface area contributed by atoms with Gasteiger partial charge in [-0.15, -0.1) is 0 Å². The lowest BCUT2D eigenvalue weighted by atomic mass is 10.1. The molecule has 3 rings (SSSR count). The standard InChI is InChI=1S/C19H20BrFN2O3S/c1-3-22(27(25,26)17-7-5-16(21)6-8-17)12-19(24)23-13(2)10-14-11-15(20)4-9-18(14)23/h4-9,11,13H,3,10,12H2,1-2H3/t13-/m1/s1. The SMILES string of the molecule is CCN(CC(=O)N1c2ccc(Br)cc2C[C@H]1C)S(=O)(=O)c1ccc(F)cc1. The highest BCUT2D eigenvalue weighted by molar-refractivity contribution is 9.10. The summed E-state index contributed by atoms with van der Waals surface area (Å²) in [6.45, 7) is 3.49. The van der Waals surface area contributed by atoms with Crippen molar-refractivity contribution in [1.29, 1.82) is 0 Å². The number of hydrogen-bond donors (Lipinski definition) is 0. The van der Waals surface area contributed by atoms with Crippen molar-refractivity contribution < 1.29 is 17.6 Å². The predicted molar refractivity (Wildman–Crippen MR) is 106 cm³/mol. The molecule has 1 aliphatic rings. The minimum absolute atomic E-state index is 0.0302. The lowest BCUT2D eigenvalue weighted by molar-refractivity contribution is -0.119. The molecular weight excluding hydrogens is 435 g/mol. The van der Waals surface area contributed by atoms with Crippen LogP contribution < -0.4 is 4.90 Å². The van der Waals surface area contributed by atoms with Crippen LogP contribution in [0.15, 0.2) is 51.8 Å². The van der Waals surface area contributed by atoms with Crippen LogP contribution in [0.2, 0.25) is 0 Å². The number of carbonyl (C=O) groups is 1. The molecule has 0 aliphatic carbocycles. The van der Waals surface area contributed by atoms with Crippen molar-refractivity contribution in [3.05, 3.63) is 58.3 Å². The van der Waals surface area contributed by atoms with Crippen LogP contribution in [0.25, 0.3) is 0 Å². The Morgan fingerprint density at radius 1 is 1.26 bits per heavy atom. The Morgan fingerprint density at radius 2 is 1.93 bits per heavy atom. The second kappa shape index (κ2) is 7.69. The van der Waals surface area contributed by atoms with Crippen LogP contribution in [-0.4, -0.2) is 37.8 Å². The van der Waals surface area contributed by atoms with E-state index in [1.165, 1.54) is 12.1 Å². The van der Waals surface area contributed by atoms with E-state index in [1.807, 2.05) is 25.1 Å². The molecule has 2 aromatic rings. The van der Waals surface area contributed by atoms with Gasteiger partial charge in [-0.05, 0) is 61.4 Å². The number of likely N-dealkylation sites (N-methyl/N-ethyl adjacent to an activating group) is 1. The Kier molecular flexibility index (Phi) is 5.69. The van der Waals surface area contributed by atoms with Crippen molar-refractivity contribution in [2.45, 2.75) is 31.2 Å². The van der Waals surface area contributed by atoms with Gasteiger partial charge in [0.05, 0.1) is 11.4 Å². The number of rotatable bonds is 5. The first kappa shape index (κ1) is 20.0. The quantitative estimate of drug-likeness (QED) is 0.693. The van der Waals surface area contributed by atoms with Gasteiger partial charge in [0.25, 0.3) is 0 Å². The Hall–Kier alpha value is -1.77. The Balaban J connectivity index is 1.85. The second-order valence-electron chi connectivity index (χ2n) is 6.48. The fourth-order valence-corrected chi connectivity index (χ4v) is 5.14. The zero-order valence-electron chi connectivity index (χ0n) is 15.0. The van der Waals surface area contributed by atoms with Gasteiger partial charge in [-0.2, -0.15) is 4.31 Å². The first-order valence-corrected chi connectivity index (χ1v) is 10.8. The first-order chi connectivity index (χ1) is 12.7. The number of hydrogen-bond acceptors (Lipinski definition) is 3. The maximum absolute atomic E-state index is 13.1. The van der Waals surface area contributed by atoms with Crippen LogP contribution in [-0.2, 0) is 21.2 Å². The zero-order chi connectivity index (χ0) is 19.8. The van der Waals surface area contributed by atoms with Gasteiger partial charge in [-0.25, -0.2) is 12.8 Å². The van der Waals surface area contributed by atoms with Crippen LogP contribution >= 0.6 is 15.9 Å². The summed E-state index contributed by atoms with van der Waals surface area (Å²) in [5.41, 5.74) is 1.86. The third kappa shape index (κ3) is 3.93. The largest absolute Gasteiger partial charge is 0.308 e. The molecular formula is C19H20BrFN2O3S. The van der Waals surface area contributed by atoms with Gasteiger partial charge in [0, 0.05) is 22.7 Å². The predicted octanol–water partition coefficient (Wildman–Crippen LogP) is 3.58. The smallest absolute Gasteiger partial charge is 0.243 e. The number of nitrogens with zero attached hydrogens (tertiary/aromatic N) is 2.